The molecular formula is C16H36O4. The lowest BCUT2D eigenvalue weighted by Gasteiger charge is -2.01. The van der Waals surface area contributed by atoms with Gasteiger partial charge >= 0.3 is 0 Å². The maximum Gasteiger partial charge on any atom is 0.111 e. The van der Waals surface area contributed by atoms with Gasteiger partial charge in [-0.3, -0.25) is 0 Å². The third-order valence-electron chi connectivity index (χ3n) is 2.59. The van der Waals surface area contributed by atoms with Crippen LogP contribution in [-0.4, -0.2) is 45.3 Å². The van der Waals surface area contributed by atoms with E-state index in [0.717, 1.165) is 12.5 Å². The smallest absolute Gasteiger partial charge is 0.111 e. The zero-order chi connectivity index (χ0) is 16.1. The first-order chi connectivity index (χ1) is 9.64. The van der Waals surface area contributed by atoms with Gasteiger partial charge in [0, 0.05) is 26.9 Å². The minimum Gasteiger partial charge on any atom is -0.499 e. The third-order valence-corrected chi connectivity index (χ3v) is 2.59. The summed E-state index contributed by atoms with van der Waals surface area (Å²) in [5, 5.41) is 8.34. The SMILES string of the molecule is C=COCCOCCCO.CCC(C)CC.CCOC. The fourth-order valence-electron chi connectivity index (χ4n) is 0.748. The van der Waals surface area contributed by atoms with Crippen molar-refractivity contribution in [3.63, 3.8) is 0 Å². The summed E-state index contributed by atoms with van der Waals surface area (Å²) < 4.78 is 14.4. The highest BCUT2D eigenvalue weighted by Gasteiger charge is 1.88. The van der Waals surface area contributed by atoms with Crippen molar-refractivity contribution in [3.8, 4) is 0 Å². The van der Waals surface area contributed by atoms with Gasteiger partial charge in [-0.15, -0.1) is 0 Å². The van der Waals surface area contributed by atoms with Crippen LogP contribution in [-0.2, 0) is 14.2 Å². The van der Waals surface area contributed by atoms with Gasteiger partial charge in [0.2, 0.25) is 0 Å². The predicted molar refractivity (Wildman–Crippen MR) is 86.0 cm³/mol. The molecule has 0 atom stereocenters. The monoisotopic (exact) mass is 292 g/mol. The molecule has 0 aromatic rings. The van der Waals surface area contributed by atoms with Crippen molar-refractivity contribution in [2.75, 3.05) is 40.1 Å². The molecule has 0 heterocycles. The van der Waals surface area contributed by atoms with Crippen LogP contribution < -0.4 is 0 Å². The number of ether oxygens (including phenoxy) is 3. The maximum absolute atomic E-state index is 8.34. The largest absolute Gasteiger partial charge is 0.499 e. The summed E-state index contributed by atoms with van der Waals surface area (Å²) in [4.78, 5) is 0. The number of hydrogen-bond acceptors (Lipinski definition) is 4. The van der Waals surface area contributed by atoms with Crippen LogP contribution in [0.4, 0.5) is 0 Å². The van der Waals surface area contributed by atoms with E-state index in [4.69, 9.17) is 14.6 Å². The lowest BCUT2D eigenvalue weighted by Crippen LogP contribution is -2.03. The van der Waals surface area contributed by atoms with Gasteiger partial charge in [-0.2, -0.15) is 0 Å². The Bertz CT molecular complexity index is 145. The van der Waals surface area contributed by atoms with Crippen molar-refractivity contribution in [1.82, 2.24) is 0 Å². The van der Waals surface area contributed by atoms with E-state index in [1.807, 2.05) is 6.92 Å². The Morgan fingerprint density at radius 3 is 1.95 bits per heavy atom. The molecule has 0 saturated carbocycles. The van der Waals surface area contributed by atoms with Crippen molar-refractivity contribution < 1.29 is 19.3 Å². The van der Waals surface area contributed by atoms with Gasteiger partial charge in [-0.1, -0.05) is 40.2 Å². The Morgan fingerprint density at radius 2 is 1.65 bits per heavy atom. The summed E-state index contributed by atoms with van der Waals surface area (Å²) in [6, 6.07) is 0. The summed E-state index contributed by atoms with van der Waals surface area (Å²) in [7, 11) is 1.68. The Hall–Kier alpha value is -0.580. The molecule has 124 valence electrons. The molecule has 4 heteroatoms. The van der Waals surface area contributed by atoms with Gasteiger partial charge in [0.05, 0.1) is 12.9 Å². The second-order valence-corrected chi connectivity index (χ2v) is 4.23. The topological polar surface area (TPSA) is 47.9 Å². The molecule has 0 aliphatic rings. The van der Waals surface area contributed by atoms with E-state index in [-0.39, 0.29) is 6.61 Å². The molecule has 1 N–H and O–H groups in total. The van der Waals surface area contributed by atoms with E-state index in [1.165, 1.54) is 19.1 Å². The highest BCUT2D eigenvalue weighted by Crippen LogP contribution is 2.02. The van der Waals surface area contributed by atoms with E-state index in [1.54, 1.807) is 7.11 Å². The minimum absolute atomic E-state index is 0.183. The van der Waals surface area contributed by atoms with Crippen LogP contribution in [0.1, 0.15) is 47.0 Å². The summed E-state index contributed by atoms with van der Waals surface area (Å²) in [5.74, 6) is 0.935. The van der Waals surface area contributed by atoms with Crippen LogP contribution in [0.3, 0.4) is 0 Å². The molecule has 0 aliphatic carbocycles. The standard InChI is InChI=1S/C7H14O3.C6H14.C3H8O/c1-2-9-6-7-10-5-3-4-8;1-4-6(3)5-2;1-3-4-2/h2,8H,1,3-7H2;6H,4-5H2,1-3H3;3H2,1-2H3. The molecule has 0 fully saturated rings. The van der Waals surface area contributed by atoms with Crippen LogP contribution in [0.5, 0.6) is 0 Å². The van der Waals surface area contributed by atoms with Crippen LogP contribution in [0.15, 0.2) is 12.8 Å². The fourth-order valence-corrected chi connectivity index (χ4v) is 0.748. The number of aliphatic hydroxyl groups excluding tert-OH is 1. The van der Waals surface area contributed by atoms with Gasteiger partial charge < -0.3 is 19.3 Å². The Labute approximate surface area is 126 Å². The fraction of sp³-hybridized carbons (Fsp3) is 0.875. The molecule has 4 nitrogen and oxygen atoms in total. The molecule has 0 rings (SSSR count). The van der Waals surface area contributed by atoms with Gasteiger partial charge in [-0.05, 0) is 19.3 Å². The number of hydrogen-bond donors (Lipinski definition) is 1. The van der Waals surface area contributed by atoms with Crippen LogP contribution in [0.25, 0.3) is 0 Å². The van der Waals surface area contributed by atoms with Crippen molar-refractivity contribution >= 4 is 0 Å². The first-order valence-corrected chi connectivity index (χ1v) is 7.54. The average molecular weight is 292 g/mol. The van der Waals surface area contributed by atoms with Crippen molar-refractivity contribution in [2.45, 2.75) is 47.0 Å². The van der Waals surface area contributed by atoms with E-state index in [0.29, 0.717) is 26.2 Å². The zero-order valence-electron chi connectivity index (χ0n) is 14.2. The summed E-state index contributed by atoms with van der Waals surface area (Å²) in [6.45, 7) is 14.8. The molecule has 0 amide bonds. The minimum atomic E-state index is 0.183. The molecule has 0 bridgehead atoms. The Morgan fingerprint density at radius 1 is 1.10 bits per heavy atom. The second-order valence-electron chi connectivity index (χ2n) is 4.23. The first-order valence-electron chi connectivity index (χ1n) is 7.54. The number of rotatable bonds is 10. The van der Waals surface area contributed by atoms with Crippen molar-refractivity contribution in [2.24, 2.45) is 5.92 Å². The van der Waals surface area contributed by atoms with Crippen LogP contribution in [0.2, 0.25) is 0 Å². The molecule has 0 unspecified atom stereocenters. The molecule has 0 radical (unpaired) electrons. The van der Waals surface area contributed by atoms with E-state index in [9.17, 15) is 0 Å². The quantitative estimate of drug-likeness (QED) is 0.493. The summed E-state index contributed by atoms with van der Waals surface area (Å²) in [6.07, 6.45) is 4.73. The highest BCUT2D eigenvalue weighted by molar-refractivity contribution is 4.47. The van der Waals surface area contributed by atoms with Crippen LogP contribution >= 0.6 is 0 Å². The lowest BCUT2D eigenvalue weighted by molar-refractivity contribution is 0.0756. The van der Waals surface area contributed by atoms with E-state index in [2.05, 4.69) is 32.1 Å². The maximum atomic E-state index is 8.34. The van der Waals surface area contributed by atoms with E-state index < -0.39 is 0 Å². The van der Waals surface area contributed by atoms with Gasteiger partial charge in [0.1, 0.15) is 6.61 Å². The van der Waals surface area contributed by atoms with Crippen molar-refractivity contribution in [1.29, 1.82) is 0 Å². The predicted octanol–water partition coefficient (Wildman–Crippen LogP) is 3.64. The molecular weight excluding hydrogens is 256 g/mol. The Kier molecular flexibility index (Phi) is 32.8. The number of aliphatic hydroxyl groups is 1. The third kappa shape index (κ3) is 36.0. The molecule has 0 saturated heterocycles. The second kappa shape index (κ2) is 26.9. The van der Waals surface area contributed by atoms with Crippen LogP contribution in [0, 0.1) is 5.92 Å². The van der Waals surface area contributed by atoms with Gasteiger partial charge in [0.25, 0.3) is 0 Å². The van der Waals surface area contributed by atoms with Crippen molar-refractivity contribution in [3.05, 3.63) is 12.8 Å². The molecule has 0 aromatic carbocycles. The van der Waals surface area contributed by atoms with E-state index >= 15 is 0 Å². The molecule has 20 heavy (non-hydrogen) atoms. The summed E-state index contributed by atoms with van der Waals surface area (Å²) in [5.41, 5.74) is 0. The molecule has 0 spiro atoms. The molecule has 0 aliphatic heterocycles. The zero-order valence-corrected chi connectivity index (χ0v) is 14.2. The highest BCUT2D eigenvalue weighted by atomic mass is 16.5. The summed E-state index contributed by atoms with van der Waals surface area (Å²) >= 11 is 0. The first kappa shape index (κ1) is 24.4. The molecule has 0 aromatic heterocycles. The normalized spacial score (nSPS) is 9.15. The average Bonchev–Trinajstić information content (AvgIpc) is 2.50. The van der Waals surface area contributed by atoms with Gasteiger partial charge in [0.15, 0.2) is 0 Å². The number of methoxy groups -OCH3 is 1. The van der Waals surface area contributed by atoms with Gasteiger partial charge in [-0.25, -0.2) is 0 Å². The lowest BCUT2D eigenvalue weighted by atomic mass is 10.1. The Balaban J connectivity index is -0.000000246.